The maximum absolute atomic E-state index is 13.5. The molecule has 30 heavy (non-hydrogen) atoms. The van der Waals surface area contributed by atoms with E-state index in [1.165, 1.54) is 0 Å². The number of rotatable bonds is 3. The molecule has 3 amide bonds. The van der Waals surface area contributed by atoms with Crippen LogP contribution < -0.4 is 0 Å². The minimum atomic E-state index is -0.726. The summed E-state index contributed by atoms with van der Waals surface area (Å²) in [5, 5.41) is 0. The second kappa shape index (κ2) is 6.67. The summed E-state index contributed by atoms with van der Waals surface area (Å²) in [6.07, 6.45) is 3.51. The zero-order chi connectivity index (χ0) is 21.2. The molecule has 2 unspecified atom stereocenters. The third-order valence-corrected chi connectivity index (χ3v) is 7.10. The first-order chi connectivity index (χ1) is 14.3. The molecule has 0 N–H and O–H groups in total. The molecule has 158 valence electrons. The Bertz CT molecular complexity index is 973. The van der Waals surface area contributed by atoms with Crippen molar-refractivity contribution in [2.45, 2.75) is 32.1 Å². The molecule has 1 spiro atoms. The number of fused-ring (bicyclic) bond motifs is 1. The number of piperazine rings is 1. The molecule has 7 heteroatoms. The highest BCUT2D eigenvalue weighted by Crippen LogP contribution is 2.52. The van der Waals surface area contributed by atoms with Crippen LogP contribution in [-0.2, 0) is 25.7 Å². The Labute approximate surface area is 176 Å². The van der Waals surface area contributed by atoms with E-state index in [1.807, 2.05) is 30.9 Å². The van der Waals surface area contributed by atoms with Crippen molar-refractivity contribution in [3.8, 4) is 0 Å². The summed E-state index contributed by atoms with van der Waals surface area (Å²) in [6.45, 7) is 6.15. The largest absolute Gasteiger partial charge is 0.360 e. The number of hydrogen-bond donors (Lipinski definition) is 0. The smallest absolute Gasteiger partial charge is 0.241 e. The van der Waals surface area contributed by atoms with Gasteiger partial charge in [-0.15, -0.1) is 0 Å². The normalized spacial score (nSPS) is 32.4. The molecule has 5 rings (SSSR count). The molecule has 0 radical (unpaired) electrons. The first-order valence-electron chi connectivity index (χ1n) is 10.5. The van der Waals surface area contributed by atoms with Gasteiger partial charge < -0.3 is 19.4 Å². The fourth-order valence-corrected chi connectivity index (χ4v) is 5.33. The summed E-state index contributed by atoms with van der Waals surface area (Å²) < 4.78 is 6.23. The van der Waals surface area contributed by atoms with Gasteiger partial charge in [0.25, 0.3) is 0 Å². The van der Waals surface area contributed by atoms with Crippen LogP contribution in [0.2, 0.25) is 0 Å². The van der Waals surface area contributed by atoms with E-state index in [1.54, 1.807) is 16.8 Å². The Morgan fingerprint density at radius 3 is 2.80 bits per heavy atom. The van der Waals surface area contributed by atoms with E-state index >= 15 is 0 Å². The molecule has 3 fully saturated rings. The highest BCUT2D eigenvalue weighted by atomic mass is 16.5. The lowest BCUT2D eigenvalue weighted by Gasteiger charge is -2.35. The Hall–Kier alpha value is -2.67. The summed E-state index contributed by atoms with van der Waals surface area (Å²) in [6, 6.07) is 6.25. The van der Waals surface area contributed by atoms with E-state index < -0.39 is 17.4 Å². The van der Waals surface area contributed by atoms with Crippen molar-refractivity contribution in [3.63, 3.8) is 0 Å². The van der Waals surface area contributed by atoms with Gasteiger partial charge in [0.2, 0.25) is 17.7 Å². The zero-order valence-corrected chi connectivity index (χ0v) is 17.6. The zero-order valence-electron chi connectivity index (χ0n) is 17.6. The van der Waals surface area contributed by atoms with Crippen LogP contribution in [0.1, 0.15) is 16.7 Å². The summed E-state index contributed by atoms with van der Waals surface area (Å²) in [5.74, 6) is -1.30. The average molecular weight is 409 g/mol. The van der Waals surface area contributed by atoms with Gasteiger partial charge in [-0.25, -0.2) is 0 Å². The van der Waals surface area contributed by atoms with Gasteiger partial charge in [0.05, 0.1) is 31.0 Å². The van der Waals surface area contributed by atoms with Gasteiger partial charge >= 0.3 is 0 Å². The second-order valence-corrected chi connectivity index (χ2v) is 9.10. The average Bonchev–Trinajstić information content (AvgIpc) is 3.35. The van der Waals surface area contributed by atoms with Gasteiger partial charge in [0.15, 0.2) is 0 Å². The molecule has 4 aliphatic heterocycles. The molecule has 4 aliphatic rings. The fraction of sp³-hybridized carbons (Fsp3) is 0.522. The Morgan fingerprint density at radius 2 is 2.03 bits per heavy atom. The number of carbonyl (C=O) groups is 3. The summed E-state index contributed by atoms with van der Waals surface area (Å²) in [7, 11) is 1.74. The quantitative estimate of drug-likeness (QED) is 0.695. The molecule has 7 nitrogen and oxygen atoms in total. The first kappa shape index (κ1) is 19.3. The van der Waals surface area contributed by atoms with E-state index in [4.69, 9.17) is 4.74 Å². The molecule has 4 heterocycles. The monoisotopic (exact) mass is 409 g/mol. The van der Waals surface area contributed by atoms with Crippen LogP contribution >= 0.6 is 0 Å². The van der Waals surface area contributed by atoms with Crippen molar-refractivity contribution >= 4 is 17.7 Å². The lowest BCUT2D eigenvalue weighted by atomic mass is 9.76. The molecule has 0 saturated carbocycles. The molecule has 1 aromatic carbocycles. The minimum absolute atomic E-state index is 0.0263. The van der Waals surface area contributed by atoms with Gasteiger partial charge in [-0.3, -0.25) is 14.4 Å². The molecule has 0 aromatic heterocycles. The first-order valence-corrected chi connectivity index (χ1v) is 10.5. The van der Waals surface area contributed by atoms with Crippen molar-refractivity contribution in [1.82, 2.24) is 14.7 Å². The van der Waals surface area contributed by atoms with Gasteiger partial charge in [0.1, 0.15) is 5.60 Å². The molecule has 3 saturated heterocycles. The van der Waals surface area contributed by atoms with Crippen LogP contribution in [0.25, 0.3) is 0 Å². The molecule has 0 aliphatic carbocycles. The number of amides is 3. The van der Waals surface area contributed by atoms with Crippen LogP contribution in [-0.4, -0.2) is 77.4 Å². The highest BCUT2D eigenvalue weighted by molar-refractivity contribution is 5.94. The van der Waals surface area contributed by atoms with E-state index in [9.17, 15) is 14.4 Å². The Morgan fingerprint density at radius 1 is 1.23 bits per heavy atom. The highest BCUT2D eigenvalue weighted by Gasteiger charge is 2.67. The summed E-state index contributed by atoms with van der Waals surface area (Å²) in [5.41, 5.74) is 2.69. The number of benzene rings is 1. The van der Waals surface area contributed by atoms with Crippen molar-refractivity contribution in [2.75, 3.05) is 33.2 Å². The number of likely N-dealkylation sites (tertiary alicyclic amines) is 1. The number of likely N-dealkylation sites (N-methyl/N-ethyl adjacent to an activating group) is 1. The topological polar surface area (TPSA) is 70.2 Å². The standard InChI is InChI=1S/C23H27N3O4/c1-14-4-5-15(2)16(10-14)11-26-13-23-7-6-17(30-23)19(20(23)22(26)29)21(28)25-9-8-24(3)18(27)12-25/h4-7,10,17,19-20H,8-9,11-13H2,1-3H3/t17-,19?,20?,23-/m0/s1. The number of aryl methyl sites for hydroxylation is 2. The molecular weight excluding hydrogens is 382 g/mol. The lowest BCUT2D eigenvalue weighted by molar-refractivity contribution is -0.149. The van der Waals surface area contributed by atoms with Crippen LogP contribution in [0.5, 0.6) is 0 Å². The summed E-state index contributed by atoms with van der Waals surface area (Å²) in [4.78, 5) is 44.0. The predicted octanol–water partition coefficient (Wildman–Crippen LogP) is 0.886. The molecule has 1 aromatic rings. The van der Waals surface area contributed by atoms with Gasteiger partial charge in [-0.05, 0) is 25.0 Å². The van der Waals surface area contributed by atoms with Crippen molar-refractivity contribution in [2.24, 2.45) is 11.8 Å². The third kappa shape index (κ3) is 2.79. The maximum Gasteiger partial charge on any atom is 0.241 e. The van der Waals surface area contributed by atoms with Crippen LogP contribution in [0.15, 0.2) is 30.4 Å². The molecule has 4 atom stereocenters. The lowest BCUT2D eigenvalue weighted by Crippen LogP contribution is -2.54. The maximum atomic E-state index is 13.5. The predicted molar refractivity (Wildman–Crippen MR) is 109 cm³/mol. The molecular formula is C23H27N3O4. The second-order valence-electron chi connectivity index (χ2n) is 9.10. The van der Waals surface area contributed by atoms with Crippen LogP contribution in [0.4, 0.5) is 0 Å². The van der Waals surface area contributed by atoms with Crippen molar-refractivity contribution < 1.29 is 19.1 Å². The number of nitrogens with zero attached hydrogens (tertiary/aromatic N) is 3. The van der Waals surface area contributed by atoms with E-state index in [0.29, 0.717) is 26.2 Å². The summed E-state index contributed by atoms with van der Waals surface area (Å²) >= 11 is 0. The van der Waals surface area contributed by atoms with E-state index in [2.05, 4.69) is 18.2 Å². The van der Waals surface area contributed by atoms with Crippen molar-refractivity contribution in [3.05, 3.63) is 47.0 Å². The van der Waals surface area contributed by atoms with E-state index in [0.717, 1.165) is 16.7 Å². The number of ether oxygens (including phenoxy) is 1. The Kier molecular flexibility index (Phi) is 4.29. The van der Waals surface area contributed by atoms with Gasteiger partial charge in [-0.2, -0.15) is 0 Å². The third-order valence-electron chi connectivity index (χ3n) is 7.10. The van der Waals surface area contributed by atoms with Gasteiger partial charge in [0, 0.05) is 26.7 Å². The van der Waals surface area contributed by atoms with Crippen LogP contribution in [0.3, 0.4) is 0 Å². The van der Waals surface area contributed by atoms with Crippen LogP contribution in [0, 0.1) is 25.7 Å². The van der Waals surface area contributed by atoms with Crippen molar-refractivity contribution in [1.29, 1.82) is 0 Å². The SMILES string of the molecule is Cc1ccc(C)c(CN2C[C@]34C=C[C@H](O3)C(C(=O)N3CCN(C)C(=O)C3)C4C2=O)c1. The number of carbonyl (C=O) groups excluding carboxylic acids is 3. The number of hydrogen-bond acceptors (Lipinski definition) is 4. The fourth-order valence-electron chi connectivity index (χ4n) is 5.33. The van der Waals surface area contributed by atoms with E-state index in [-0.39, 0.29) is 30.4 Å². The molecule has 2 bridgehead atoms. The Balaban J connectivity index is 1.39. The minimum Gasteiger partial charge on any atom is -0.360 e. The van der Waals surface area contributed by atoms with Gasteiger partial charge in [-0.1, -0.05) is 35.9 Å².